The third-order valence-electron chi connectivity index (χ3n) is 3.45. The average molecular weight is 267 g/mol. The van der Waals surface area contributed by atoms with E-state index in [2.05, 4.69) is 27.2 Å². The zero-order valence-electron chi connectivity index (χ0n) is 11.5. The van der Waals surface area contributed by atoms with Crippen LogP contribution in [0.15, 0.2) is 12.7 Å². The van der Waals surface area contributed by atoms with Gasteiger partial charge < -0.3 is 10.1 Å². The SMILES string of the molecule is CC(CNC(=O)C(C)n1cncn1)N1CCOCC1. The molecule has 106 valence electrons. The summed E-state index contributed by atoms with van der Waals surface area (Å²) in [6.45, 7) is 7.96. The number of rotatable bonds is 5. The maximum Gasteiger partial charge on any atom is 0.244 e. The van der Waals surface area contributed by atoms with Crippen molar-refractivity contribution in [2.24, 2.45) is 0 Å². The largest absolute Gasteiger partial charge is 0.379 e. The second-order valence-electron chi connectivity index (χ2n) is 4.79. The molecule has 0 aromatic carbocycles. The molecule has 19 heavy (non-hydrogen) atoms. The molecule has 1 amide bonds. The van der Waals surface area contributed by atoms with E-state index in [4.69, 9.17) is 4.74 Å². The van der Waals surface area contributed by atoms with Crippen molar-refractivity contribution in [2.45, 2.75) is 25.9 Å². The van der Waals surface area contributed by atoms with E-state index < -0.39 is 0 Å². The Kier molecular flexibility index (Phi) is 4.86. The van der Waals surface area contributed by atoms with Crippen LogP contribution in [0, 0.1) is 0 Å². The molecule has 2 rings (SSSR count). The van der Waals surface area contributed by atoms with Gasteiger partial charge in [0.25, 0.3) is 0 Å². The third kappa shape index (κ3) is 3.74. The van der Waals surface area contributed by atoms with Gasteiger partial charge in [0.2, 0.25) is 5.91 Å². The molecule has 7 heteroatoms. The van der Waals surface area contributed by atoms with Crippen LogP contribution in [0.1, 0.15) is 19.9 Å². The molecule has 1 aliphatic heterocycles. The Morgan fingerprint density at radius 2 is 2.16 bits per heavy atom. The molecule has 0 radical (unpaired) electrons. The minimum atomic E-state index is -0.334. The van der Waals surface area contributed by atoms with Gasteiger partial charge in [-0.1, -0.05) is 0 Å². The molecule has 1 aromatic rings. The van der Waals surface area contributed by atoms with E-state index >= 15 is 0 Å². The van der Waals surface area contributed by atoms with Gasteiger partial charge in [0.15, 0.2) is 0 Å². The number of ether oxygens (including phenoxy) is 1. The average Bonchev–Trinajstić information content (AvgIpc) is 2.98. The lowest BCUT2D eigenvalue weighted by Gasteiger charge is -2.32. The maximum absolute atomic E-state index is 12.0. The minimum absolute atomic E-state index is 0.0365. The molecule has 2 atom stereocenters. The Balaban J connectivity index is 1.76. The Morgan fingerprint density at radius 3 is 2.79 bits per heavy atom. The molecule has 1 aromatic heterocycles. The van der Waals surface area contributed by atoms with Crippen molar-refractivity contribution in [3.63, 3.8) is 0 Å². The van der Waals surface area contributed by atoms with E-state index in [1.54, 1.807) is 11.0 Å². The van der Waals surface area contributed by atoms with E-state index in [1.165, 1.54) is 6.33 Å². The fourth-order valence-corrected chi connectivity index (χ4v) is 2.08. The maximum atomic E-state index is 12.0. The quantitative estimate of drug-likeness (QED) is 0.791. The molecule has 1 saturated heterocycles. The summed E-state index contributed by atoms with van der Waals surface area (Å²) in [4.78, 5) is 18.2. The van der Waals surface area contributed by atoms with Crippen LogP contribution in [0.25, 0.3) is 0 Å². The summed E-state index contributed by atoms with van der Waals surface area (Å²) in [5.41, 5.74) is 0. The lowest BCUT2D eigenvalue weighted by atomic mass is 10.2. The second kappa shape index (κ2) is 6.63. The van der Waals surface area contributed by atoms with Gasteiger partial charge in [-0.3, -0.25) is 9.69 Å². The zero-order chi connectivity index (χ0) is 13.7. The number of aromatic nitrogens is 3. The standard InChI is InChI=1S/C12H21N5O2/c1-10(16-3-5-19-6-4-16)7-14-12(18)11(2)17-9-13-8-15-17/h8-11H,3-7H2,1-2H3,(H,14,18). The topological polar surface area (TPSA) is 72.3 Å². The summed E-state index contributed by atoms with van der Waals surface area (Å²) in [7, 11) is 0. The van der Waals surface area contributed by atoms with Crippen molar-refractivity contribution in [3.8, 4) is 0 Å². The molecule has 1 fully saturated rings. The number of hydrogen-bond donors (Lipinski definition) is 1. The highest BCUT2D eigenvalue weighted by atomic mass is 16.5. The fourth-order valence-electron chi connectivity index (χ4n) is 2.08. The van der Waals surface area contributed by atoms with Crippen LogP contribution in [0.4, 0.5) is 0 Å². The summed E-state index contributed by atoms with van der Waals surface area (Å²) in [6, 6.07) is -0.0183. The van der Waals surface area contributed by atoms with Crippen LogP contribution in [0.3, 0.4) is 0 Å². The number of carbonyl (C=O) groups excluding carboxylic acids is 1. The van der Waals surface area contributed by atoms with Crippen molar-refractivity contribution >= 4 is 5.91 Å². The molecule has 0 saturated carbocycles. The summed E-state index contributed by atoms with van der Waals surface area (Å²) < 4.78 is 6.87. The van der Waals surface area contributed by atoms with Crippen LogP contribution in [0.2, 0.25) is 0 Å². The van der Waals surface area contributed by atoms with Crippen molar-refractivity contribution in [1.82, 2.24) is 25.0 Å². The Morgan fingerprint density at radius 1 is 1.42 bits per heavy atom. The monoisotopic (exact) mass is 267 g/mol. The predicted molar refractivity (Wildman–Crippen MR) is 69.6 cm³/mol. The minimum Gasteiger partial charge on any atom is -0.379 e. The first-order valence-corrected chi connectivity index (χ1v) is 6.62. The van der Waals surface area contributed by atoms with Crippen LogP contribution < -0.4 is 5.32 Å². The first-order valence-electron chi connectivity index (χ1n) is 6.62. The van der Waals surface area contributed by atoms with Gasteiger partial charge in [0.1, 0.15) is 18.7 Å². The lowest BCUT2D eigenvalue weighted by Crippen LogP contribution is -2.48. The van der Waals surface area contributed by atoms with Crippen LogP contribution in [-0.2, 0) is 9.53 Å². The normalized spacial score (nSPS) is 19.9. The molecule has 2 heterocycles. The van der Waals surface area contributed by atoms with Crippen molar-refractivity contribution in [1.29, 1.82) is 0 Å². The Hall–Kier alpha value is -1.47. The highest BCUT2D eigenvalue weighted by Gasteiger charge is 2.20. The number of carbonyl (C=O) groups is 1. The van der Waals surface area contributed by atoms with E-state index in [9.17, 15) is 4.79 Å². The smallest absolute Gasteiger partial charge is 0.244 e. The van der Waals surface area contributed by atoms with E-state index in [0.717, 1.165) is 26.3 Å². The van der Waals surface area contributed by atoms with Gasteiger partial charge >= 0.3 is 0 Å². The van der Waals surface area contributed by atoms with Gasteiger partial charge in [0.05, 0.1) is 13.2 Å². The van der Waals surface area contributed by atoms with Gasteiger partial charge in [-0.2, -0.15) is 5.10 Å². The number of morpholine rings is 1. The zero-order valence-corrected chi connectivity index (χ0v) is 11.5. The lowest BCUT2D eigenvalue weighted by molar-refractivity contribution is -0.124. The van der Waals surface area contributed by atoms with Crippen molar-refractivity contribution in [2.75, 3.05) is 32.8 Å². The molecule has 1 aliphatic rings. The van der Waals surface area contributed by atoms with E-state index in [1.807, 2.05) is 6.92 Å². The summed E-state index contributed by atoms with van der Waals surface area (Å²) in [6.07, 6.45) is 2.98. The number of nitrogens with zero attached hydrogens (tertiary/aromatic N) is 4. The first-order chi connectivity index (χ1) is 9.18. The van der Waals surface area contributed by atoms with Gasteiger partial charge in [-0.15, -0.1) is 0 Å². The molecular formula is C12H21N5O2. The Labute approximate surface area is 112 Å². The molecule has 0 bridgehead atoms. The number of hydrogen-bond acceptors (Lipinski definition) is 5. The summed E-state index contributed by atoms with van der Waals surface area (Å²) in [5.74, 6) is -0.0365. The van der Waals surface area contributed by atoms with Crippen LogP contribution in [0.5, 0.6) is 0 Å². The molecule has 0 spiro atoms. The molecule has 7 nitrogen and oxygen atoms in total. The molecular weight excluding hydrogens is 246 g/mol. The van der Waals surface area contributed by atoms with Gasteiger partial charge in [-0.05, 0) is 13.8 Å². The van der Waals surface area contributed by atoms with Gasteiger partial charge in [-0.25, -0.2) is 9.67 Å². The van der Waals surface area contributed by atoms with Crippen LogP contribution in [-0.4, -0.2) is 64.5 Å². The molecule has 0 aliphatic carbocycles. The molecule has 2 unspecified atom stereocenters. The predicted octanol–water partition coefficient (Wildman–Crippen LogP) is -0.324. The van der Waals surface area contributed by atoms with Crippen molar-refractivity contribution < 1.29 is 9.53 Å². The highest BCUT2D eigenvalue weighted by Crippen LogP contribution is 2.04. The fraction of sp³-hybridized carbons (Fsp3) is 0.750. The molecule has 1 N–H and O–H groups in total. The second-order valence-corrected chi connectivity index (χ2v) is 4.79. The Bertz CT molecular complexity index is 389. The highest BCUT2D eigenvalue weighted by molar-refractivity contribution is 5.79. The summed E-state index contributed by atoms with van der Waals surface area (Å²) >= 11 is 0. The van der Waals surface area contributed by atoms with Crippen molar-refractivity contribution in [3.05, 3.63) is 12.7 Å². The van der Waals surface area contributed by atoms with Crippen LogP contribution >= 0.6 is 0 Å². The number of amides is 1. The van der Waals surface area contributed by atoms with E-state index in [0.29, 0.717) is 12.6 Å². The summed E-state index contributed by atoms with van der Waals surface area (Å²) in [5, 5.41) is 6.93. The third-order valence-corrected chi connectivity index (χ3v) is 3.45. The van der Waals surface area contributed by atoms with Gasteiger partial charge in [0, 0.05) is 25.7 Å². The van der Waals surface area contributed by atoms with E-state index in [-0.39, 0.29) is 11.9 Å². The first kappa shape index (κ1) is 14.0. The number of nitrogens with one attached hydrogen (secondary N) is 1.